The van der Waals surface area contributed by atoms with Gasteiger partial charge < -0.3 is 15.1 Å². The van der Waals surface area contributed by atoms with E-state index in [2.05, 4.69) is 49.2 Å². The van der Waals surface area contributed by atoms with Crippen LogP contribution in [-0.4, -0.2) is 71.1 Å². The van der Waals surface area contributed by atoms with Crippen molar-refractivity contribution in [3.63, 3.8) is 0 Å². The molecule has 41 heavy (non-hydrogen) atoms. The number of rotatable bonds is 9. The molecule has 10 heteroatoms. The van der Waals surface area contributed by atoms with E-state index in [1.165, 1.54) is 12.1 Å². The second-order valence-corrected chi connectivity index (χ2v) is 10.4. The Balaban J connectivity index is 1.35. The average Bonchev–Trinajstić information content (AvgIpc) is 2.98. The second kappa shape index (κ2) is 12.7. The third-order valence-corrected chi connectivity index (χ3v) is 7.34. The van der Waals surface area contributed by atoms with E-state index < -0.39 is 11.7 Å². The zero-order valence-electron chi connectivity index (χ0n) is 23.3. The summed E-state index contributed by atoms with van der Waals surface area (Å²) >= 11 is 0. The standard InChI is InChI=1S/C31H34F3N7/c1-23-21-35-13-11-28(23)37-27-9-3-24(4-10-27)22-41(20-19-40-17-15-39(2)16-18-40)30-36-14-12-29(38-30)25-5-7-26(8-6-25)31(32,33)34/h3-14,21H,15-20,22H2,1-2H3,(H,35,37). The molecule has 0 saturated carbocycles. The maximum Gasteiger partial charge on any atom is 0.416 e. The minimum atomic E-state index is -4.38. The van der Waals surface area contributed by atoms with Crippen molar-refractivity contribution in [2.45, 2.75) is 19.6 Å². The molecule has 1 aliphatic heterocycles. The molecule has 2 aromatic carbocycles. The van der Waals surface area contributed by atoms with Crippen molar-refractivity contribution in [3.05, 3.63) is 95.9 Å². The molecule has 0 amide bonds. The molecule has 1 aliphatic rings. The van der Waals surface area contributed by atoms with Crippen molar-refractivity contribution >= 4 is 17.3 Å². The summed E-state index contributed by atoms with van der Waals surface area (Å²) in [5.41, 5.74) is 4.67. The van der Waals surface area contributed by atoms with Gasteiger partial charge in [0.25, 0.3) is 0 Å². The number of alkyl halides is 3. The molecule has 5 rings (SSSR count). The maximum atomic E-state index is 13.1. The van der Waals surface area contributed by atoms with Crippen LogP contribution in [0.15, 0.2) is 79.3 Å². The largest absolute Gasteiger partial charge is 0.416 e. The van der Waals surface area contributed by atoms with Crippen molar-refractivity contribution in [1.82, 2.24) is 24.8 Å². The third-order valence-electron chi connectivity index (χ3n) is 7.34. The number of nitrogens with one attached hydrogen (secondary N) is 1. The number of likely N-dealkylation sites (N-methyl/N-ethyl adjacent to an activating group) is 1. The number of piperazine rings is 1. The summed E-state index contributed by atoms with van der Waals surface area (Å²) in [4.78, 5) is 20.4. The molecule has 1 N–H and O–H groups in total. The Morgan fingerprint density at radius 1 is 0.902 bits per heavy atom. The van der Waals surface area contributed by atoms with Crippen LogP contribution in [0.2, 0.25) is 0 Å². The highest BCUT2D eigenvalue weighted by Crippen LogP contribution is 2.31. The van der Waals surface area contributed by atoms with Crippen LogP contribution in [0, 0.1) is 6.92 Å². The minimum Gasteiger partial charge on any atom is -0.355 e. The van der Waals surface area contributed by atoms with Gasteiger partial charge in [0, 0.05) is 81.3 Å². The molecule has 0 atom stereocenters. The first kappa shape index (κ1) is 28.5. The van der Waals surface area contributed by atoms with Crippen LogP contribution in [0.25, 0.3) is 11.3 Å². The van der Waals surface area contributed by atoms with Crippen molar-refractivity contribution < 1.29 is 13.2 Å². The molecule has 1 saturated heterocycles. The summed E-state index contributed by atoms with van der Waals surface area (Å²) in [6.45, 7) is 8.27. The van der Waals surface area contributed by atoms with Crippen molar-refractivity contribution in [2.75, 3.05) is 56.5 Å². The van der Waals surface area contributed by atoms with E-state index in [-0.39, 0.29) is 0 Å². The monoisotopic (exact) mass is 561 g/mol. The lowest BCUT2D eigenvalue weighted by Gasteiger charge is -2.34. The number of benzene rings is 2. The fraction of sp³-hybridized carbons (Fsp3) is 0.323. The quantitative estimate of drug-likeness (QED) is 0.275. The highest BCUT2D eigenvalue weighted by molar-refractivity contribution is 5.63. The minimum absolute atomic E-state index is 0.547. The Kier molecular flexibility index (Phi) is 8.80. The Labute approximate surface area is 238 Å². The lowest BCUT2D eigenvalue weighted by Crippen LogP contribution is -2.47. The van der Waals surface area contributed by atoms with Gasteiger partial charge in [0.05, 0.1) is 11.3 Å². The first-order valence-electron chi connectivity index (χ1n) is 13.7. The van der Waals surface area contributed by atoms with Crippen LogP contribution in [-0.2, 0) is 12.7 Å². The average molecular weight is 562 g/mol. The highest BCUT2D eigenvalue weighted by atomic mass is 19.4. The molecule has 0 unspecified atom stereocenters. The molecule has 214 valence electrons. The Hall–Kier alpha value is -4.02. The van der Waals surface area contributed by atoms with Crippen LogP contribution >= 0.6 is 0 Å². The Morgan fingerprint density at radius 2 is 1.63 bits per heavy atom. The van der Waals surface area contributed by atoms with E-state index in [9.17, 15) is 13.2 Å². The van der Waals surface area contributed by atoms with Gasteiger partial charge in [-0.25, -0.2) is 9.97 Å². The third kappa shape index (κ3) is 7.59. The molecule has 2 aromatic heterocycles. The summed E-state index contributed by atoms with van der Waals surface area (Å²) in [5.74, 6) is 0.547. The van der Waals surface area contributed by atoms with E-state index in [1.54, 1.807) is 18.5 Å². The van der Waals surface area contributed by atoms with Gasteiger partial charge >= 0.3 is 6.18 Å². The van der Waals surface area contributed by atoms with Gasteiger partial charge in [-0.15, -0.1) is 0 Å². The number of anilines is 3. The van der Waals surface area contributed by atoms with Crippen LogP contribution < -0.4 is 10.2 Å². The first-order chi connectivity index (χ1) is 19.7. The Morgan fingerprint density at radius 3 is 2.32 bits per heavy atom. The molecule has 0 bridgehead atoms. The zero-order valence-corrected chi connectivity index (χ0v) is 23.3. The van der Waals surface area contributed by atoms with Crippen LogP contribution in [0.3, 0.4) is 0 Å². The van der Waals surface area contributed by atoms with Crippen molar-refractivity contribution in [3.8, 4) is 11.3 Å². The van der Waals surface area contributed by atoms with Gasteiger partial charge in [-0.2, -0.15) is 13.2 Å². The maximum absolute atomic E-state index is 13.1. The van der Waals surface area contributed by atoms with Gasteiger partial charge in [0.2, 0.25) is 5.95 Å². The summed E-state index contributed by atoms with van der Waals surface area (Å²) in [6.07, 6.45) is 0.883. The first-order valence-corrected chi connectivity index (χ1v) is 13.7. The van der Waals surface area contributed by atoms with Crippen molar-refractivity contribution in [1.29, 1.82) is 0 Å². The summed E-state index contributed by atoms with van der Waals surface area (Å²) < 4.78 is 39.2. The lowest BCUT2D eigenvalue weighted by molar-refractivity contribution is -0.137. The van der Waals surface area contributed by atoms with Gasteiger partial charge in [-0.05, 0) is 61.5 Å². The Bertz CT molecular complexity index is 1420. The molecular weight excluding hydrogens is 527 g/mol. The zero-order chi connectivity index (χ0) is 28.8. The number of halogens is 3. The van der Waals surface area contributed by atoms with E-state index in [0.717, 1.165) is 73.9 Å². The van der Waals surface area contributed by atoms with E-state index in [0.29, 0.717) is 23.8 Å². The molecule has 0 aliphatic carbocycles. The number of hydrogen-bond donors (Lipinski definition) is 1. The number of aryl methyl sites for hydroxylation is 1. The molecule has 0 radical (unpaired) electrons. The van der Waals surface area contributed by atoms with Crippen LogP contribution in [0.1, 0.15) is 16.7 Å². The van der Waals surface area contributed by atoms with Crippen molar-refractivity contribution in [2.24, 2.45) is 0 Å². The predicted molar refractivity (Wildman–Crippen MR) is 156 cm³/mol. The topological polar surface area (TPSA) is 60.4 Å². The molecule has 1 fully saturated rings. The normalized spacial score (nSPS) is 14.7. The SMILES string of the molecule is Cc1cnccc1Nc1ccc(CN(CCN2CCN(C)CC2)c2nccc(-c3ccc(C(F)(F)F)cc3)n2)cc1. The van der Waals surface area contributed by atoms with Gasteiger partial charge in [0.15, 0.2) is 0 Å². The fourth-order valence-electron chi connectivity index (χ4n) is 4.76. The molecule has 7 nitrogen and oxygen atoms in total. The van der Waals surface area contributed by atoms with Crippen LogP contribution in [0.4, 0.5) is 30.5 Å². The summed E-state index contributed by atoms with van der Waals surface area (Å²) in [7, 11) is 2.14. The fourth-order valence-corrected chi connectivity index (χ4v) is 4.76. The predicted octanol–water partition coefficient (Wildman–Crippen LogP) is 5.86. The van der Waals surface area contributed by atoms with Gasteiger partial charge in [0.1, 0.15) is 0 Å². The lowest BCUT2D eigenvalue weighted by atomic mass is 10.1. The van der Waals surface area contributed by atoms with Gasteiger partial charge in [-0.3, -0.25) is 9.88 Å². The second-order valence-electron chi connectivity index (χ2n) is 10.4. The smallest absolute Gasteiger partial charge is 0.355 e. The number of pyridine rings is 1. The number of aromatic nitrogens is 3. The number of hydrogen-bond acceptors (Lipinski definition) is 7. The molecule has 3 heterocycles. The summed E-state index contributed by atoms with van der Waals surface area (Å²) in [5, 5.41) is 3.44. The number of nitrogens with zero attached hydrogens (tertiary/aromatic N) is 6. The van der Waals surface area contributed by atoms with E-state index in [4.69, 9.17) is 4.98 Å². The molecule has 4 aromatic rings. The highest BCUT2D eigenvalue weighted by Gasteiger charge is 2.30. The van der Waals surface area contributed by atoms with E-state index in [1.807, 2.05) is 31.3 Å². The van der Waals surface area contributed by atoms with Gasteiger partial charge in [-0.1, -0.05) is 24.3 Å². The van der Waals surface area contributed by atoms with E-state index >= 15 is 0 Å². The van der Waals surface area contributed by atoms with Crippen LogP contribution in [0.5, 0.6) is 0 Å². The molecule has 0 spiro atoms. The summed E-state index contributed by atoms with van der Waals surface area (Å²) in [6, 6.07) is 17.0. The molecular formula is C31H34F3N7.